The van der Waals surface area contributed by atoms with Gasteiger partial charge in [0.25, 0.3) is 0 Å². The summed E-state index contributed by atoms with van der Waals surface area (Å²) in [7, 11) is 0. The summed E-state index contributed by atoms with van der Waals surface area (Å²) in [6, 6.07) is 7.45. The predicted molar refractivity (Wildman–Crippen MR) is 77.5 cm³/mol. The molecule has 1 heterocycles. The number of rotatable bonds is 4. The minimum absolute atomic E-state index is 0.0572. The van der Waals surface area contributed by atoms with Crippen molar-refractivity contribution in [3.63, 3.8) is 0 Å². The lowest BCUT2D eigenvalue weighted by atomic mass is 9.93. The monoisotopic (exact) mass is 277 g/mol. The smallest absolute Gasteiger partial charge is 0.140 e. The van der Waals surface area contributed by atoms with Gasteiger partial charge in [0.05, 0.1) is 12.3 Å². The summed E-state index contributed by atoms with van der Waals surface area (Å²) < 4.78 is 5.68. The molecule has 0 aliphatic heterocycles. The fourth-order valence-electron chi connectivity index (χ4n) is 1.56. The second kappa shape index (κ2) is 5.72. The molecule has 102 valence electrons. The van der Waals surface area contributed by atoms with Crippen LogP contribution in [0.4, 0.5) is 0 Å². The molecule has 2 aromatic rings. The Labute approximate surface area is 117 Å². The lowest BCUT2D eigenvalue weighted by Crippen LogP contribution is -2.11. The number of hydrogen-bond donors (Lipinski definition) is 1. The number of ether oxygens (including phenoxy) is 1. The fourth-order valence-corrected chi connectivity index (χ4v) is 2.49. The van der Waals surface area contributed by atoms with E-state index in [9.17, 15) is 0 Å². The van der Waals surface area contributed by atoms with E-state index in [2.05, 4.69) is 31.1 Å². The van der Waals surface area contributed by atoms with Crippen molar-refractivity contribution in [1.82, 2.24) is 4.98 Å². The van der Waals surface area contributed by atoms with Gasteiger partial charge >= 0.3 is 0 Å². The van der Waals surface area contributed by atoms with Gasteiger partial charge in [0, 0.05) is 10.8 Å². The van der Waals surface area contributed by atoms with E-state index < -0.39 is 0 Å². The van der Waals surface area contributed by atoms with Crippen LogP contribution < -0.4 is 4.74 Å². The normalized spacial score (nSPS) is 11.6. The van der Waals surface area contributed by atoms with Crippen LogP contribution in [0.15, 0.2) is 29.6 Å². The van der Waals surface area contributed by atoms with Gasteiger partial charge in [-0.25, -0.2) is 4.98 Å². The van der Waals surface area contributed by atoms with Crippen LogP contribution in [0.2, 0.25) is 0 Å². The van der Waals surface area contributed by atoms with E-state index in [0.29, 0.717) is 6.61 Å². The summed E-state index contributed by atoms with van der Waals surface area (Å²) >= 11 is 1.63. The molecule has 0 saturated carbocycles. The predicted octanol–water partition coefficient (Wildman–Crippen LogP) is 3.51. The summed E-state index contributed by atoms with van der Waals surface area (Å²) in [5.41, 5.74) is 2.07. The number of thiazole rings is 1. The van der Waals surface area contributed by atoms with Crippen molar-refractivity contribution in [1.29, 1.82) is 0 Å². The van der Waals surface area contributed by atoms with Crippen LogP contribution >= 0.6 is 11.3 Å². The third kappa shape index (κ3) is 3.78. The molecule has 0 atom stereocenters. The number of hydrogen-bond acceptors (Lipinski definition) is 4. The standard InChI is InChI=1S/C15H19NO2S/c1-15(2,3)13-10-19-14(16-13)9-18-12-6-4-11(8-17)5-7-12/h4-7,10,17H,8-9H2,1-3H3. The van der Waals surface area contributed by atoms with E-state index >= 15 is 0 Å². The number of aromatic nitrogens is 1. The molecule has 4 heteroatoms. The molecule has 0 aliphatic carbocycles. The van der Waals surface area contributed by atoms with Crippen molar-refractivity contribution in [2.24, 2.45) is 0 Å². The largest absolute Gasteiger partial charge is 0.486 e. The molecule has 2 rings (SSSR count). The van der Waals surface area contributed by atoms with Crippen molar-refractivity contribution < 1.29 is 9.84 Å². The van der Waals surface area contributed by atoms with Crippen molar-refractivity contribution in [3.05, 3.63) is 45.9 Å². The average Bonchev–Trinajstić information content (AvgIpc) is 2.86. The van der Waals surface area contributed by atoms with Gasteiger partial charge in [-0.2, -0.15) is 0 Å². The van der Waals surface area contributed by atoms with Gasteiger partial charge in [0.1, 0.15) is 17.4 Å². The highest BCUT2D eigenvalue weighted by Gasteiger charge is 2.17. The van der Waals surface area contributed by atoms with E-state index in [1.54, 1.807) is 11.3 Å². The van der Waals surface area contributed by atoms with Gasteiger partial charge in [-0.1, -0.05) is 32.9 Å². The highest BCUT2D eigenvalue weighted by molar-refractivity contribution is 7.09. The average molecular weight is 277 g/mol. The number of nitrogens with zero attached hydrogens (tertiary/aromatic N) is 1. The maximum absolute atomic E-state index is 8.97. The van der Waals surface area contributed by atoms with E-state index in [1.165, 1.54) is 0 Å². The Morgan fingerprint density at radius 2 is 1.89 bits per heavy atom. The summed E-state index contributed by atoms with van der Waals surface area (Å²) in [5, 5.41) is 12.0. The molecule has 0 saturated heterocycles. The van der Waals surface area contributed by atoms with Crippen LogP contribution in [0.1, 0.15) is 37.0 Å². The van der Waals surface area contributed by atoms with Gasteiger partial charge in [-0.05, 0) is 17.7 Å². The molecular weight excluding hydrogens is 258 g/mol. The summed E-state index contributed by atoms with van der Waals surface area (Å²) in [6.45, 7) is 7.00. The van der Waals surface area contributed by atoms with Crippen molar-refractivity contribution in [3.8, 4) is 5.75 Å². The second-order valence-corrected chi connectivity index (χ2v) is 6.41. The first-order valence-corrected chi connectivity index (χ1v) is 7.14. The molecular formula is C15H19NO2S. The van der Waals surface area contributed by atoms with Crippen molar-refractivity contribution in [2.45, 2.75) is 39.4 Å². The maximum Gasteiger partial charge on any atom is 0.140 e. The first kappa shape index (κ1) is 14.0. The van der Waals surface area contributed by atoms with Crippen LogP contribution in [0, 0.1) is 0 Å². The van der Waals surface area contributed by atoms with Crippen LogP contribution in [0.25, 0.3) is 0 Å². The van der Waals surface area contributed by atoms with E-state index in [-0.39, 0.29) is 12.0 Å². The zero-order valence-electron chi connectivity index (χ0n) is 11.5. The molecule has 0 unspecified atom stereocenters. The molecule has 1 aromatic heterocycles. The topological polar surface area (TPSA) is 42.4 Å². The molecule has 3 nitrogen and oxygen atoms in total. The van der Waals surface area contributed by atoms with E-state index in [0.717, 1.165) is 22.0 Å². The molecule has 1 aromatic carbocycles. The second-order valence-electron chi connectivity index (χ2n) is 5.47. The molecule has 1 N–H and O–H groups in total. The Kier molecular flexibility index (Phi) is 4.22. The Bertz CT molecular complexity index is 526. The third-order valence-electron chi connectivity index (χ3n) is 2.79. The molecule has 0 amide bonds. The first-order valence-electron chi connectivity index (χ1n) is 6.26. The summed E-state index contributed by atoms with van der Waals surface area (Å²) in [5.74, 6) is 0.796. The lowest BCUT2D eigenvalue weighted by molar-refractivity contribution is 0.280. The quantitative estimate of drug-likeness (QED) is 0.930. The number of aliphatic hydroxyl groups excluding tert-OH is 1. The van der Waals surface area contributed by atoms with Crippen molar-refractivity contribution >= 4 is 11.3 Å². The molecule has 19 heavy (non-hydrogen) atoms. The fraction of sp³-hybridized carbons (Fsp3) is 0.400. The molecule has 0 aliphatic rings. The third-order valence-corrected chi connectivity index (χ3v) is 3.61. The number of aliphatic hydroxyl groups is 1. The Morgan fingerprint density at radius 3 is 2.42 bits per heavy atom. The lowest BCUT2D eigenvalue weighted by Gasteiger charge is -2.14. The van der Waals surface area contributed by atoms with Crippen LogP contribution in [-0.2, 0) is 18.6 Å². The van der Waals surface area contributed by atoms with Gasteiger partial charge in [0.15, 0.2) is 0 Å². The molecule has 0 fully saturated rings. The highest BCUT2D eigenvalue weighted by Crippen LogP contribution is 2.24. The van der Waals surface area contributed by atoms with Crippen LogP contribution in [-0.4, -0.2) is 10.1 Å². The Morgan fingerprint density at radius 1 is 1.21 bits per heavy atom. The number of benzene rings is 1. The highest BCUT2D eigenvalue weighted by atomic mass is 32.1. The Balaban J connectivity index is 1.96. The van der Waals surface area contributed by atoms with Crippen LogP contribution in [0.3, 0.4) is 0 Å². The van der Waals surface area contributed by atoms with E-state index in [1.807, 2.05) is 24.3 Å². The van der Waals surface area contributed by atoms with Gasteiger partial charge in [-0.3, -0.25) is 0 Å². The van der Waals surface area contributed by atoms with Gasteiger partial charge < -0.3 is 9.84 Å². The maximum atomic E-state index is 8.97. The van der Waals surface area contributed by atoms with E-state index in [4.69, 9.17) is 9.84 Å². The molecule has 0 radical (unpaired) electrons. The molecule has 0 spiro atoms. The SMILES string of the molecule is CC(C)(C)c1csc(COc2ccc(CO)cc2)n1. The van der Waals surface area contributed by atoms with Crippen molar-refractivity contribution in [2.75, 3.05) is 0 Å². The summed E-state index contributed by atoms with van der Waals surface area (Å²) in [6.07, 6.45) is 0. The van der Waals surface area contributed by atoms with Gasteiger partial charge in [-0.15, -0.1) is 11.3 Å². The van der Waals surface area contributed by atoms with Crippen LogP contribution in [0.5, 0.6) is 5.75 Å². The molecule has 0 bridgehead atoms. The first-order chi connectivity index (χ1) is 8.99. The minimum atomic E-state index is 0.0572. The zero-order valence-corrected chi connectivity index (χ0v) is 12.3. The Hall–Kier alpha value is -1.39. The zero-order chi connectivity index (χ0) is 13.9. The summed E-state index contributed by atoms with van der Waals surface area (Å²) in [4.78, 5) is 4.58. The van der Waals surface area contributed by atoms with Gasteiger partial charge in [0.2, 0.25) is 0 Å². The minimum Gasteiger partial charge on any atom is -0.486 e.